The van der Waals surface area contributed by atoms with Gasteiger partial charge in [0.05, 0.1) is 12.2 Å². The molecule has 0 saturated heterocycles. The van der Waals surface area contributed by atoms with Gasteiger partial charge in [0.25, 0.3) is 0 Å². The fourth-order valence-corrected chi connectivity index (χ4v) is 3.34. The van der Waals surface area contributed by atoms with Crippen molar-refractivity contribution >= 4 is 17.9 Å². The van der Waals surface area contributed by atoms with Gasteiger partial charge in [0.2, 0.25) is 6.41 Å². The third kappa shape index (κ3) is 6.53. The summed E-state index contributed by atoms with van der Waals surface area (Å²) >= 11 is 0. The lowest BCUT2D eigenvalue weighted by Gasteiger charge is -2.35. The van der Waals surface area contributed by atoms with Crippen LogP contribution in [0.4, 0.5) is 5.69 Å². The minimum atomic E-state index is -0.186. The summed E-state index contributed by atoms with van der Waals surface area (Å²) in [4.78, 5) is 26.4. The third-order valence-corrected chi connectivity index (χ3v) is 5.25. The van der Waals surface area contributed by atoms with Gasteiger partial charge in [-0.2, -0.15) is 0 Å². The monoisotopic (exact) mass is 430 g/mol. The molecule has 5 heteroatoms. The molecule has 0 aliphatic carbocycles. The number of nitrogens with one attached hydrogen (secondary N) is 1. The minimum Gasteiger partial charge on any atom is -0.487 e. The summed E-state index contributed by atoms with van der Waals surface area (Å²) in [5.41, 5.74) is 3.00. The quantitative estimate of drug-likeness (QED) is 0.349. The van der Waals surface area contributed by atoms with Gasteiger partial charge in [0, 0.05) is 17.6 Å². The number of carbonyl (C=O) groups is 2. The second-order valence-electron chi connectivity index (χ2n) is 8.68. The van der Waals surface area contributed by atoms with Crippen LogP contribution in [0.5, 0.6) is 5.75 Å². The van der Waals surface area contributed by atoms with Gasteiger partial charge >= 0.3 is 0 Å². The van der Waals surface area contributed by atoms with E-state index in [-0.39, 0.29) is 17.9 Å². The minimum absolute atomic E-state index is 0.0144. The maximum Gasteiger partial charge on any atom is 0.211 e. The van der Waals surface area contributed by atoms with Crippen LogP contribution < -0.4 is 10.1 Å². The Hall–Kier alpha value is -3.44. The third-order valence-electron chi connectivity index (χ3n) is 5.25. The lowest BCUT2D eigenvalue weighted by Crippen LogP contribution is -2.43. The first-order valence-corrected chi connectivity index (χ1v) is 10.7. The van der Waals surface area contributed by atoms with Gasteiger partial charge in [-0.15, -0.1) is 0 Å². The number of anilines is 1. The van der Waals surface area contributed by atoms with Crippen molar-refractivity contribution in [2.75, 3.05) is 11.9 Å². The summed E-state index contributed by atoms with van der Waals surface area (Å²) in [6.45, 7) is 7.61. The van der Waals surface area contributed by atoms with E-state index in [9.17, 15) is 9.59 Å². The molecule has 0 atom stereocenters. The molecule has 0 unspecified atom stereocenters. The lowest BCUT2D eigenvalue weighted by molar-refractivity contribution is -0.105. The van der Waals surface area contributed by atoms with E-state index in [1.165, 1.54) is 0 Å². The molecule has 0 fully saturated rings. The normalized spacial score (nSPS) is 11.2. The highest BCUT2D eigenvalue weighted by atomic mass is 16.5. The van der Waals surface area contributed by atoms with Crippen molar-refractivity contribution in [3.63, 3.8) is 0 Å². The van der Waals surface area contributed by atoms with Crippen LogP contribution in [0.3, 0.4) is 0 Å². The summed E-state index contributed by atoms with van der Waals surface area (Å²) in [7, 11) is 0. The van der Waals surface area contributed by atoms with Gasteiger partial charge < -0.3 is 10.1 Å². The smallest absolute Gasteiger partial charge is 0.211 e. The molecule has 32 heavy (non-hydrogen) atoms. The van der Waals surface area contributed by atoms with Crippen LogP contribution >= 0.6 is 0 Å². The molecule has 0 aliphatic rings. The lowest BCUT2D eigenvalue weighted by atomic mass is 10.0. The van der Waals surface area contributed by atoms with Crippen molar-refractivity contribution in [3.8, 4) is 5.75 Å². The summed E-state index contributed by atoms with van der Waals surface area (Å²) in [6.07, 6.45) is 0.593. The van der Waals surface area contributed by atoms with Crippen molar-refractivity contribution < 1.29 is 14.3 Å². The highest BCUT2D eigenvalue weighted by Crippen LogP contribution is 2.27. The fourth-order valence-electron chi connectivity index (χ4n) is 3.34. The fraction of sp³-hybridized carbons (Fsp3) is 0.259. The second kappa shape index (κ2) is 10.7. The van der Waals surface area contributed by atoms with Crippen molar-refractivity contribution in [1.82, 2.24) is 4.90 Å². The number of rotatable bonds is 10. The SMILES string of the molecule is CC(C)(C)N(CC(=O)c1ccc(OCc2ccccc2)c(NC=O)c1)Cc1ccccc1. The Morgan fingerprint density at radius 3 is 2.16 bits per heavy atom. The molecule has 166 valence electrons. The Bertz CT molecular complexity index is 1030. The molecular weight excluding hydrogens is 400 g/mol. The van der Waals surface area contributed by atoms with Gasteiger partial charge in [-0.3, -0.25) is 14.5 Å². The molecule has 3 aromatic rings. The van der Waals surface area contributed by atoms with Crippen LogP contribution in [0.2, 0.25) is 0 Å². The summed E-state index contributed by atoms with van der Waals surface area (Å²) in [6, 6.07) is 25.1. The number of benzene rings is 3. The van der Waals surface area contributed by atoms with E-state index < -0.39 is 0 Å². The number of nitrogens with zero attached hydrogens (tertiary/aromatic N) is 1. The largest absolute Gasteiger partial charge is 0.487 e. The van der Waals surface area contributed by atoms with E-state index in [0.717, 1.165) is 11.1 Å². The van der Waals surface area contributed by atoms with E-state index in [1.807, 2.05) is 48.5 Å². The van der Waals surface area contributed by atoms with Crippen molar-refractivity contribution in [3.05, 3.63) is 95.6 Å². The Kier molecular flexibility index (Phi) is 7.79. The van der Waals surface area contributed by atoms with Gasteiger partial charge in [-0.05, 0) is 50.1 Å². The number of ether oxygens (including phenoxy) is 1. The Balaban J connectivity index is 1.75. The maximum absolute atomic E-state index is 13.1. The molecule has 0 spiro atoms. The molecule has 3 aromatic carbocycles. The molecule has 0 aromatic heterocycles. The van der Waals surface area contributed by atoms with Crippen LogP contribution in [0, 0.1) is 0 Å². The molecule has 1 amide bonds. The zero-order valence-corrected chi connectivity index (χ0v) is 18.9. The molecular formula is C27H30N2O3. The summed E-state index contributed by atoms with van der Waals surface area (Å²) in [5.74, 6) is 0.508. The first-order valence-electron chi connectivity index (χ1n) is 10.7. The average molecular weight is 431 g/mol. The standard InChI is InChI=1S/C27H30N2O3/c1-27(2,3)29(17-21-10-6-4-7-11-21)18-25(31)23-14-15-26(24(16-23)28-20-30)32-19-22-12-8-5-9-13-22/h4-16,20H,17-19H2,1-3H3,(H,28,30). The molecule has 0 saturated carbocycles. The van der Waals surface area contributed by atoms with E-state index in [1.54, 1.807) is 18.2 Å². The number of amides is 1. The maximum atomic E-state index is 13.1. The number of ketones is 1. The highest BCUT2D eigenvalue weighted by Gasteiger charge is 2.24. The molecule has 5 nitrogen and oxygen atoms in total. The highest BCUT2D eigenvalue weighted by molar-refractivity contribution is 5.99. The van der Waals surface area contributed by atoms with Crippen LogP contribution in [0.15, 0.2) is 78.9 Å². The number of hydrogen-bond acceptors (Lipinski definition) is 4. The molecule has 0 aliphatic heterocycles. The van der Waals surface area contributed by atoms with Crippen molar-refractivity contribution in [2.45, 2.75) is 39.5 Å². The van der Waals surface area contributed by atoms with Gasteiger partial charge in [-0.25, -0.2) is 0 Å². The van der Waals surface area contributed by atoms with Crippen LogP contribution in [0.1, 0.15) is 42.3 Å². The molecule has 1 N–H and O–H groups in total. The summed E-state index contributed by atoms with van der Waals surface area (Å²) in [5, 5.41) is 2.66. The van der Waals surface area contributed by atoms with Crippen molar-refractivity contribution in [2.24, 2.45) is 0 Å². The Morgan fingerprint density at radius 1 is 0.938 bits per heavy atom. The zero-order valence-electron chi connectivity index (χ0n) is 18.9. The van der Waals surface area contributed by atoms with E-state index in [4.69, 9.17) is 4.74 Å². The second-order valence-corrected chi connectivity index (χ2v) is 8.68. The van der Waals surface area contributed by atoms with Crippen LogP contribution in [0.25, 0.3) is 0 Å². The number of Topliss-reactive ketones (excluding diaryl/α,β-unsaturated/α-hetero) is 1. The first-order chi connectivity index (χ1) is 15.4. The van der Waals surface area contributed by atoms with Gasteiger partial charge in [0.15, 0.2) is 5.78 Å². The van der Waals surface area contributed by atoms with Crippen LogP contribution in [-0.2, 0) is 17.9 Å². The van der Waals surface area contributed by atoms with E-state index in [0.29, 0.717) is 36.6 Å². The van der Waals surface area contributed by atoms with E-state index in [2.05, 4.69) is 43.1 Å². The van der Waals surface area contributed by atoms with Crippen LogP contribution in [-0.4, -0.2) is 29.2 Å². The number of hydrogen-bond donors (Lipinski definition) is 1. The van der Waals surface area contributed by atoms with Crippen molar-refractivity contribution in [1.29, 1.82) is 0 Å². The van der Waals surface area contributed by atoms with E-state index >= 15 is 0 Å². The predicted octanol–water partition coefficient (Wildman–Crippen LogP) is 5.32. The molecule has 0 bridgehead atoms. The summed E-state index contributed by atoms with van der Waals surface area (Å²) < 4.78 is 5.88. The topological polar surface area (TPSA) is 58.6 Å². The molecule has 0 radical (unpaired) electrons. The molecule has 3 rings (SSSR count). The van der Waals surface area contributed by atoms with Gasteiger partial charge in [-0.1, -0.05) is 60.7 Å². The predicted molar refractivity (Wildman–Crippen MR) is 128 cm³/mol. The zero-order chi connectivity index (χ0) is 23.0. The van der Waals surface area contributed by atoms with Gasteiger partial charge in [0.1, 0.15) is 12.4 Å². The Labute approximate surface area is 190 Å². The average Bonchev–Trinajstić information content (AvgIpc) is 2.78. The molecule has 0 heterocycles. The Morgan fingerprint density at radius 2 is 1.56 bits per heavy atom. The number of carbonyl (C=O) groups excluding carboxylic acids is 2. The first kappa shape index (κ1) is 23.2.